The minimum Gasteiger partial charge on any atom is -0.534 e. The average molecular weight is 323 g/mol. The molecular weight excluding hydrogens is 303 g/mol. The number of aromatic nitrogens is 1. The van der Waals surface area contributed by atoms with Gasteiger partial charge in [0.05, 0.1) is 12.5 Å². The number of hydrogen-bond acceptors (Lipinski definition) is 3. The van der Waals surface area contributed by atoms with Crippen LogP contribution in [-0.2, 0) is 37.4 Å². The van der Waals surface area contributed by atoms with Gasteiger partial charge >= 0.3 is 0 Å². The predicted octanol–water partition coefficient (Wildman–Crippen LogP) is 2.81. The molecule has 0 bridgehead atoms. The van der Waals surface area contributed by atoms with Gasteiger partial charge in [-0.1, -0.05) is 20.0 Å². The van der Waals surface area contributed by atoms with E-state index in [1.165, 1.54) is 0 Å². The van der Waals surface area contributed by atoms with Crippen molar-refractivity contribution >= 4 is 0 Å². The Hall–Kier alpha value is 0.0139. The van der Waals surface area contributed by atoms with Gasteiger partial charge in [0.25, 0.3) is 0 Å². The van der Waals surface area contributed by atoms with Crippen molar-refractivity contribution in [3.8, 4) is 5.88 Å². The van der Waals surface area contributed by atoms with Gasteiger partial charge in [-0.2, -0.15) is 6.07 Å². The van der Waals surface area contributed by atoms with Crippen LogP contribution >= 0.6 is 0 Å². The van der Waals surface area contributed by atoms with Gasteiger partial charge in [-0.3, -0.25) is 0 Å². The normalized spacial score (nSPS) is 16.4. The van der Waals surface area contributed by atoms with Gasteiger partial charge in [0.2, 0.25) is 0 Å². The molecule has 97 valence electrons. The third kappa shape index (κ3) is 4.95. The first-order valence-electron chi connectivity index (χ1n) is 6.34. The molecule has 0 spiro atoms. The van der Waals surface area contributed by atoms with Crippen molar-refractivity contribution < 1.29 is 42.2 Å². The van der Waals surface area contributed by atoms with E-state index in [0.29, 0.717) is 17.7 Å². The van der Waals surface area contributed by atoms with Crippen LogP contribution in [0, 0.1) is 12.0 Å². The third-order valence-electron chi connectivity index (χ3n) is 3.12. The van der Waals surface area contributed by atoms with E-state index in [0.717, 1.165) is 38.2 Å². The van der Waals surface area contributed by atoms with E-state index in [9.17, 15) is 0 Å². The van der Waals surface area contributed by atoms with Crippen LogP contribution in [0.1, 0.15) is 38.2 Å². The van der Waals surface area contributed by atoms with E-state index in [2.05, 4.69) is 24.9 Å². The van der Waals surface area contributed by atoms with E-state index in [1.54, 1.807) is 0 Å². The van der Waals surface area contributed by atoms with Crippen LogP contribution in [0.25, 0.3) is 0 Å². The van der Waals surface area contributed by atoms with Gasteiger partial charge in [-0.15, -0.1) is 11.6 Å². The zero-order chi connectivity index (χ0) is 12.1. The Morgan fingerprint density at radius 1 is 1.44 bits per heavy atom. The molecular formula is C14H20NO2Y-. The molecule has 2 rings (SSSR count). The van der Waals surface area contributed by atoms with Crippen LogP contribution < -0.4 is 4.74 Å². The minimum atomic E-state index is 0. The summed E-state index contributed by atoms with van der Waals surface area (Å²) in [5.41, 5.74) is 1.13. The molecule has 0 unspecified atom stereocenters. The van der Waals surface area contributed by atoms with E-state index >= 15 is 0 Å². The van der Waals surface area contributed by atoms with Gasteiger partial charge in [0.15, 0.2) is 0 Å². The summed E-state index contributed by atoms with van der Waals surface area (Å²) in [6.45, 7) is 6.73. The summed E-state index contributed by atoms with van der Waals surface area (Å²) in [5, 5.41) is 0. The van der Waals surface area contributed by atoms with Crippen LogP contribution in [0.5, 0.6) is 5.88 Å². The molecule has 4 heteroatoms. The maximum Gasteiger partial charge on any atom is 0.0968 e. The van der Waals surface area contributed by atoms with Crippen molar-refractivity contribution in [3.05, 3.63) is 23.9 Å². The fourth-order valence-corrected chi connectivity index (χ4v) is 1.86. The molecule has 0 N–H and O–H groups in total. The quantitative estimate of drug-likeness (QED) is 0.799. The molecule has 0 atom stereocenters. The fourth-order valence-electron chi connectivity index (χ4n) is 1.86. The molecule has 2 heterocycles. The van der Waals surface area contributed by atoms with E-state index in [-0.39, 0.29) is 32.7 Å². The van der Waals surface area contributed by atoms with Gasteiger partial charge in [0.1, 0.15) is 0 Å². The van der Waals surface area contributed by atoms with Crippen LogP contribution in [0.4, 0.5) is 0 Å². The standard InChI is InChI=1S/C14H20NO2.Y/c1-11(2)13-3-4-14(15-9-13)17-10-12-5-7-16-8-6-12;/h4,9,11-12H,5-8,10H2,1-2H3;/q-1;. The predicted molar refractivity (Wildman–Crippen MR) is 66.2 cm³/mol. The summed E-state index contributed by atoms with van der Waals surface area (Å²) in [5.74, 6) is 1.75. The van der Waals surface area contributed by atoms with Crippen LogP contribution in [0.2, 0.25) is 0 Å². The van der Waals surface area contributed by atoms with Gasteiger partial charge in [-0.05, 0) is 24.7 Å². The summed E-state index contributed by atoms with van der Waals surface area (Å²) in [6.07, 6.45) is 4.03. The van der Waals surface area contributed by atoms with Gasteiger partial charge < -0.3 is 14.5 Å². The minimum absolute atomic E-state index is 0. The monoisotopic (exact) mass is 323 g/mol. The van der Waals surface area contributed by atoms with E-state index < -0.39 is 0 Å². The van der Waals surface area contributed by atoms with Crippen molar-refractivity contribution in [3.63, 3.8) is 0 Å². The van der Waals surface area contributed by atoms with Crippen molar-refractivity contribution in [2.45, 2.75) is 32.6 Å². The SMILES string of the molecule is CC(C)c1[c-]cc(OCC2CCOCC2)nc1.[Y]. The molecule has 1 radical (unpaired) electrons. The molecule has 1 aliphatic heterocycles. The van der Waals surface area contributed by atoms with Crippen molar-refractivity contribution in [1.29, 1.82) is 0 Å². The van der Waals surface area contributed by atoms with Gasteiger partial charge in [-0.25, -0.2) is 0 Å². The Morgan fingerprint density at radius 3 is 2.72 bits per heavy atom. The summed E-state index contributed by atoms with van der Waals surface area (Å²) >= 11 is 0. The second-order valence-electron chi connectivity index (χ2n) is 4.86. The topological polar surface area (TPSA) is 31.4 Å². The zero-order valence-electron chi connectivity index (χ0n) is 11.2. The Balaban J connectivity index is 0.00000162. The molecule has 1 fully saturated rings. The summed E-state index contributed by atoms with van der Waals surface area (Å²) < 4.78 is 11.0. The number of pyridine rings is 1. The van der Waals surface area contributed by atoms with Crippen molar-refractivity contribution in [1.82, 2.24) is 4.98 Å². The molecule has 18 heavy (non-hydrogen) atoms. The fraction of sp³-hybridized carbons (Fsp3) is 0.643. The number of ether oxygens (including phenoxy) is 2. The molecule has 0 aromatic carbocycles. The first-order valence-corrected chi connectivity index (χ1v) is 6.34. The summed E-state index contributed by atoms with van der Waals surface area (Å²) in [6, 6.07) is 5.05. The maximum absolute atomic E-state index is 5.68. The molecule has 0 amide bonds. The second-order valence-corrected chi connectivity index (χ2v) is 4.86. The Labute approximate surface area is 135 Å². The average Bonchev–Trinajstić information content (AvgIpc) is 2.38. The van der Waals surface area contributed by atoms with Crippen molar-refractivity contribution in [2.75, 3.05) is 19.8 Å². The molecule has 1 saturated heterocycles. The molecule has 0 saturated carbocycles. The molecule has 1 aromatic heterocycles. The largest absolute Gasteiger partial charge is 0.534 e. The summed E-state index contributed by atoms with van der Waals surface area (Å²) in [4.78, 5) is 4.30. The van der Waals surface area contributed by atoms with Crippen molar-refractivity contribution in [2.24, 2.45) is 5.92 Å². The number of rotatable bonds is 4. The molecule has 0 aliphatic carbocycles. The van der Waals surface area contributed by atoms with E-state index in [1.807, 2.05) is 12.3 Å². The summed E-state index contributed by atoms with van der Waals surface area (Å²) in [7, 11) is 0. The van der Waals surface area contributed by atoms with Gasteiger partial charge in [0, 0.05) is 45.9 Å². The smallest absolute Gasteiger partial charge is 0.0968 e. The molecule has 3 nitrogen and oxygen atoms in total. The first-order chi connectivity index (χ1) is 8.25. The number of hydrogen-bond donors (Lipinski definition) is 0. The molecule has 1 aliphatic rings. The maximum atomic E-state index is 5.68. The van der Waals surface area contributed by atoms with Crippen LogP contribution in [0.3, 0.4) is 0 Å². The third-order valence-corrected chi connectivity index (χ3v) is 3.12. The van der Waals surface area contributed by atoms with Crippen LogP contribution in [0.15, 0.2) is 12.3 Å². The Kier molecular flexibility index (Phi) is 7.35. The first kappa shape index (κ1) is 16.1. The Bertz CT molecular complexity index is 334. The zero-order valence-corrected chi connectivity index (χ0v) is 14.0. The van der Waals surface area contributed by atoms with E-state index in [4.69, 9.17) is 9.47 Å². The Morgan fingerprint density at radius 2 is 2.17 bits per heavy atom. The second kappa shape index (κ2) is 8.24. The molecule has 1 aromatic rings. The number of nitrogens with zero attached hydrogens (tertiary/aromatic N) is 1. The van der Waals surface area contributed by atoms with Crippen LogP contribution in [-0.4, -0.2) is 24.8 Å².